The molecule has 0 aliphatic rings. The first-order valence-corrected chi connectivity index (χ1v) is 7.60. The standard InChI is InChI=1S/C19H18F3NO2/c1-13(14-6-4-3-5-7-14)23-17(12-18(24)25-2)15-8-10-16(11-9-15)19(20,21)22/h3-13,23H,1-2H3/b17-12-/t13-/m1/s1. The van der Waals surface area contributed by atoms with Crippen molar-refractivity contribution in [3.8, 4) is 0 Å². The number of hydrogen-bond donors (Lipinski definition) is 1. The number of hydrogen-bond acceptors (Lipinski definition) is 3. The zero-order valence-corrected chi connectivity index (χ0v) is 13.8. The van der Waals surface area contributed by atoms with Gasteiger partial charge in [-0.15, -0.1) is 0 Å². The number of halogens is 3. The van der Waals surface area contributed by atoms with Crippen molar-refractivity contribution in [2.75, 3.05) is 7.11 Å². The van der Waals surface area contributed by atoms with Gasteiger partial charge in [0.1, 0.15) is 0 Å². The monoisotopic (exact) mass is 349 g/mol. The highest BCUT2D eigenvalue weighted by Crippen LogP contribution is 2.30. The van der Waals surface area contributed by atoms with Crippen LogP contribution in [-0.2, 0) is 15.7 Å². The third kappa shape index (κ3) is 5.11. The number of ether oxygens (including phenoxy) is 1. The Morgan fingerprint density at radius 3 is 2.20 bits per heavy atom. The van der Waals surface area contributed by atoms with Gasteiger partial charge in [0.2, 0.25) is 0 Å². The molecule has 0 heterocycles. The fraction of sp³-hybridized carbons (Fsp3) is 0.211. The minimum absolute atomic E-state index is 0.153. The summed E-state index contributed by atoms with van der Waals surface area (Å²) < 4.78 is 42.8. The van der Waals surface area contributed by atoms with E-state index in [4.69, 9.17) is 0 Å². The highest BCUT2D eigenvalue weighted by atomic mass is 19.4. The number of methoxy groups -OCH3 is 1. The molecule has 0 aromatic heterocycles. The molecule has 0 unspecified atom stereocenters. The Bertz CT molecular complexity index is 738. The van der Waals surface area contributed by atoms with Crippen molar-refractivity contribution in [2.45, 2.75) is 19.1 Å². The van der Waals surface area contributed by atoms with Gasteiger partial charge in [-0.3, -0.25) is 0 Å². The largest absolute Gasteiger partial charge is 0.466 e. The molecule has 132 valence electrons. The summed E-state index contributed by atoms with van der Waals surface area (Å²) in [4.78, 5) is 11.6. The Kier molecular flexibility index (Phi) is 5.85. The van der Waals surface area contributed by atoms with Crippen LogP contribution in [0.25, 0.3) is 5.70 Å². The molecule has 0 aliphatic heterocycles. The Hall–Kier alpha value is -2.76. The summed E-state index contributed by atoms with van der Waals surface area (Å²) >= 11 is 0. The van der Waals surface area contributed by atoms with E-state index in [-0.39, 0.29) is 6.04 Å². The third-order valence-electron chi connectivity index (χ3n) is 3.66. The number of esters is 1. The minimum Gasteiger partial charge on any atom is -0.466 e. The van der Waals surface area contributed by atoms with Crippen LogP contribution in [0.3, 0.4) is 0 Å². The molecule has 2 aromatic carbocycles. The van der Waals surface area contributed by atoms with Crippen LogP contribution in [0.15, 0.2) is 60.7 Å². The van der Waals surface area contributed by atoms with Crippen molar-refractivity contribution < 1.29 is 22.7 Å². The molecule has 2 aromatic rings. The van der Waals surface area contributed by atoms with E-state index in [1.165, 1.54) is 25.3 Å². The lowest BCUT2D eigenvalue weighted by molar-refractivity contribution is -0.137. The van der Waals surface area contributed by atoms with Crippen LogP contribution in [0.4, 0.5) is 13.2 Å². The lowest BCUT2D eigenvalue weighted by atomic mass is 10.0. The average Bonchev–Trinajstić information content (AvgIpc) is 2.61. The van der Waals surface area contributed by atoms with E-state index >= 15 is 0 Å². The van der Waals surface area contributed by atoms with Gasteiger partial charge in [0.15, 0.2) is 0 Å². The van der Waals surface area contributed by atoms with Gasteiger partial charge in [0.05, 0.1) is 12.7 Å². The number of rotatable bonds is 5. The fourth-order valence-corrected chi connectivity index (χ4v) is 2.28. The molecule has 1 atom stereocenters. The third-order valence-corrected chi connectivity index (χ3v) is 3.66. The van der Waals surface area contributed by atoms with Crippen LogP contribution in [0.1, 0.15) is 29.7 Å². The maximum atomic E-state index is 12.7. The van der Waals surface area contributed by atoms with Crippen molar-refractivity contribution in [3.05, 3.63) is 77.4 Å². The molecule has 0 radical (unpaired) electrons. The quantitative estimate of drug-likeness (QED) is 0.635. The van der Waals surface area contributed by atoms with Gasteiger partial charge < -0.3 is 10.1 Å². The summed E-state index contributed by atoms with van der Waals surface area (Å²) in [7, 11) is 1.24. The van der Waals surface area contributed by atoms with Crippen LogP contribution in [0.5, 0.6) is 0 Å². The first-order valence-electron chi connectivity index (χ1n) is 7.60. The molecule has 0 saturated carbocycles. The van der Waals surface area contributed by atoms with Gasteiger partial charge in [0, 0.05) is 17.8 Å². The van der Waals surface area contributed by atoms with Crippen molar-refractivity contribution in [1.29, 1.82) is 0 Å². The summed E-state index contributed by atoms with van der Waals surface area (Å²) in [6.45, 7) is 1.89. The highest BCUT2D eigenvalue weighted by Gasteiger charge is 2.30. The van der Waals surface area contributed by atoms with Crippen LogP contribution in [0.2, 0.25) is 0 Å². The van der Waals surface area contributed by atoms with E-state index in [1.807, 2.05) is 37.3 Å². The molecule has 3 nitrogen and oxygen atoms in total. The van der Waals surface area contributed by atoms with Gasteiger partial charge in [0.25, 0.3) is 0 Å². The average molecular weight is 349 g/mol. The van der Waals surface area contributed by atoms with Gasteiger partial charge >= 0.3 is 12.1 Å². The van der Waals surface area contributed by atoms with Gasteiger partial charge in [-0.2, -0.15) is 13.2 Å². The molecule has 0 amide bonds. The zero-order chi connectivity index (χ0) is 18.4. The van der Waals surface area contributed by atoms with E-state index < -0.39 is 17.7 Å². The molecule has 6 heteroatoms. The lowest BCUT2D eigenvalue weighted by Gasteiger charge is -2.19. The predicted octanol–water partition coefficient (Wildman–Crippen LogP) is 4.57. The van der Waals surface area contributed by atoms with Crippen LogP contribution >= 0.6 is 0 Å². The maximum absolute atomic E-state index is 12.7. The second-order valence-corrected chi connectivity index (χ2v) is 5.43. The molecule has 0 aliphatic carbocycles. The van der Waals surface area contributed by atoms with Crippen LogP contribution in [-0.4, -0.2) is 13.1 Å². The van der Waals surface area contributed by atoms with Crippen molar-refractivity contribution in [2.24, 2.45) is 0 Å². The van der Waals surface area contributed by atoms with Gasteiger partial charge in [-0.25, -0.2) is 4.79 Å². The summed E-state index contributed by atoms with van der Waals surface area (Å²) in [6.07, 6.45) is -3.18. The molecule has 25 heavy (non-hydrogen) atoms. The molecule has 2 rings (SSSR count). The zero-order valence-electron chi connectivity index (χ0n) is 13.8. The van der Waals surface area contributed by atoms with Crippen LogP contribution in [0, 0.1) is 0 Å². The number of alkyl halides is 3. The normalized spacial score (nSPS) is 13.2. The Morgan fingerprint density at radius 1 is 1.08 bits per heavy atom. The first-order chi connectivity index (χ1) is 11.8. The molecular weight excluding hydrogens is 331 g/mol. The van der Waals surface area contributed by atoms with E-state index in [9.17, 15) is 18.0 Å². The number of benzene rings is 2. The molecular formula is C19H18F3NO2. The summed E-state index contributed by atoms with van der Waals surface area (Å²) in [5.41, 5.74) is 1.08. The Balaban J connectivity index is 2.30. The fourth-order valence-electron chi connectivity index (χ4n) is 2.28. The molecule has 0 saturated heterocycles. The number of carbonyl (C=O) groups is 1. The van der Waals surface area contributed by atoms with E-state index in [1.54, 1.807) is 0 Å². The van der Waals surface area contributed by atoms with Gasteiger partial charge in [-0.1, -0.05) is 42.5 Å². The Morgan fingerprint density at radius 2 is 1.68 bits per heavy atom. The smallest absolute Gasteiger partial charge is 0.416 e. The lowest BCUT2D eigenvalue weighted by Crippen LogP contribution is -2.18. The maximum Gasteiger partial charge on any atom is 0.416 e. The number of nitrogens with one attached hydrogen (secondary N) is 1. The van der Waals surface area contributed by atoms with Gasteiger partial charge in [-0.05, 0) is 30.2 Å². The van der Waals surface area contributed by atoms with E-state index in [2.05, 4.69) is 10.1 Å². The number of carbonyl (C=O) groups excluding carboxylic acids is 1. The SMILES string of the molecule is COC(=O)/C=C(\N[C@H](C)c1ccccc1)c1ccc(C(F)(F)F)cc1. The molecule has 0 spiro atoms. The van der Waals surface area contributed by atoms with Crippen molar-refractivity contribution in [1.82, 2.24) is 5.32 Å². The second kappa shape index (κ2) is 7.88. The first kappa shape index (κ1) is 18.6. The van der Waals surface area contributed by atoms with Crippen molar-refractivity contribution in [3.63, 3.8) is 0 Å². The van der Waals surface area contributed by atoms with Crippen LogP contribution < -0.4 is 5.32 Å². The topological polar surface area (TPSA) is 38.3 Å². The van der Waals surface area contributed by atoms with E-state index in [0.717, 1.165) is 17.7 Å². The summed E-state index contributed by atoms with van der Waals surface area (Å²) in [6, 6.07) is 13.9. The highest BCUT2D eigenvalue weighted by molar-refractivity contribution is 5.90. The Labute approximate surface area is 144 Å². The predicted molar refractivity (Wildman–Crippen MR) is 89.4 cm³/mol. The molecule has 0 fully saturated rings. The minimum atomic E-state index is -4.41. The molecule has 0 bridgehead atoms. The molecule has 1 N–H and O–H groups in total. The van der Waals surface area contributed by atoms with Crippen molar-refractivity contribution >= 4 is 11.7 Å². The summed E-state index contributed by atoms with van der Waals surface area (Å²) in [5.74, 6) is -0.595. The summed E-state index contributed by atoms with van der Waals surface area (Å²) in [5, 5.41) is 3.15. The second-order valence-electron chi connectivity index (χ2n) is 5.43. The van der Waals surface area contributed by atoms with E-state index in [0.29, 0.717) is 11.3 Å².